The largest absolute Gasteiger partial charge is 0.505 e. The maximum atomic E-state index is 13.1. The lowest BCUT2D eigenvalue weighted by Gasteiger charge is -2.09. The lowest BCUT2D eigenvalue weighted by molar-refractivity contribution is -0.135. The summed E-state index contributed by atoms with van der Waals surface area (Å²) < 4.78 is 13.3. The van der Waals surface area contributed by atoms with E-state index < -0.39 is 30.0 Å². The van der Waals surface area contributed by atoms with Crippen molar-refractivity contribution in [3.05, 3.63) is 34.3 Å². The van der Waals surface area contributed by atoms with Gasteiger partial charge >= 0.3 is 5.97 Å². The first-order chi connectivity index (χ1) is 9.40. The van der Waals surface area contributed by atoms with Crippen molar-refractivity contribution < 1.29 is 24.2 Å². The van der Waals surface area contributed by atoms with E-state index in [1.54, 1.807) is 0 Å². The van der Waals surface area contributed by atoms with E-state index >= 15 is 0 Å². The molecule has 0 saturated heterocycles. The molecule has 20 heavy (non-hydrogen) atoms. The second-order valence-corrected chi connectivity index (χ2v) is 4.62. The fourth-order valence-electron chi connectivity index (χ4n) is 1.63. The number of carboxylic acid groups (broad SMARTS) is 1. The van der Waals surface area contributed by atoms with Crippen LogP contribution < -0.4 is 5.32 Å². The van der Waals surface area contributed by atoms with Crippen LogP contribution in [0.25, 0.3) is 10.8 Å². The number of amides is 1. The number of aromatic nitrogens is 1. The number of aromatic hydroxyl groups is 1. The lowest BCUT2D eigenvalue weighted by atomic mass is 10.1. The Morgan fingerprint density at radius 3 is 2.70 bits per heavy atom. The SMILES string of the molecule is O=C(O)CNC(=O)c1nc(Br)c2cc(F)ccc2c1O. The molecule has 0 spiro atoms. The molecule has 0 fully saturated rings. The molecule has 0 bridgehead atoms. The van der Waals surface area contributed by atoms with Crippen LogP contribution in [0.3, 0.4) is 0 Å². The molecule has 0 aliphatic carbocycles. The predicted octanol–water partition coefficient (Wildman–Crippen LogP) is 1.66. The second kappa shape index (κ2) is 5.41. The molecule has 1 aromatic carbocycles. The number of nitrogens with zero attached hydrogens (tertiary/aromatic N) is 1. The van der Waals surface area contributed by atoms with Crippen molar-refractivity contribution in [1.29, 1.82) is 0 Å². The number of benzene rings is 1. The van der Waals surface area contributed by atoms with Crippen LogP contribution in [0.4, 0.5) is 4.39 Å². The van der Waals surface area contributed by atoms with Gasteiger partial charge in [0, 0.05) is 10.8 Å². The van der Waals surface area contributed by atoms with Gasteiger partial charge in [0.2, 0.25) is 0 Å². The van der Waals surface area contributed by atoms with Gasteiger partial charge in [-0.3, -0.25) is 9.59 Å². The molecule has 0 aliphatic rings. The van der Waals surface area contributed by atoms with Crippen LogP contribution in [0.2, 0.25) is 0 Å². The Kier molecular flexibility index (Phi) is 3.84. The molecule has 2 rings (SSSR count). The minimum Gasteiger partial charge on any atom is -0.505 e. The number of aliphatic carboxylic acids is 1. The molecule has 104 valence electrons. The minimum atomic E-state index is -1.22. The third kappa shape index (κ3) is 2.69. The fourth-order valence-corrected chi connectivity index (χ4v) is 2.14. The molecule has 0 radical (unpaired) electrons. The van der Waals surface area contributed by atoms with Crippen LogP contribution in [0.5, 0.6) is 5.75 Å². The quantitative estimate of drug-likeness (QED) is 0.736. The van der Waals surface area contributed by atoms with Crippen molar-refractivity contribution in [1.82, 2.24) is 10.3 Å². The van der Waals surface area contributed by atoms with Crippen LogP contribution in [0.1, 0.15) is 10.5 Å². The van der Waals surface area contributed by atoms with Crippen LogP contribution in [-0.4, -0.2) is 33.6 Å². The van der Waals surface area contributed by atoms with Gasteiger partial charge in [-0.05, 0) is 34.1 Å². The molecule has 2 aromatic rings. The second-order valence-electron chi connectivity index (χ2n) is 3.87. The summed E-state index contributed by atoms with van der Waals surface area (Å²) in [6, 6.07) is 3.60. The molecule has 0 aliphatic heterocycles. The van der Waals surface area contributed by atoms with Crippen molar-refractivity contribution in [3.63, 3.8) is 0 Å². The minimum absolute atomic E-state index is 0.172. The smallest absolute Gasteiger partial charge is 0.322 e. The topological polar surface area (TPSA) is 99.5 Å². The lowest BCUT2D eigenvalue weighted by Crippen LogP contribution is -2.30. The zero-order valence-corrected chi connectivity index (χ0v) is 11.4. The number of carboxylic acids is 1. The highest BCUT2D eigenvalue weighted by molar-refractivity contribution is 9.10. The van der Waals surface area contributed by atoms with Gasteiger partial charge in [0.15, 0.2) is 11.4 Å². The summed E-state index contributed by atoms with van der Waals surface area (Å²) in [5.74, 6) is -3.01. The Labute approximate surface area is 120 Å². The Balaban J connectivity index is 2.50. The van der Waals surface area contributed by atoms with E-state index in [1.807, 2.05) is 0 Å². The first-order valence-corrected chi connectivity index (χ1v) is 6.17. The summed E-state index contributed by atoms with van der Waals surface area (Å²) in [6.07, 6.45) is 0. The van der Waals surface area contributed by atoms with Gasteiger partial charge in [0.1, 0.15) is 17.0 Å². The maximum absolute atomic E-state index is 13.1. The van der Waals surface area contributed by atoms with Gasteiger partial charge in [-0.25, -0.2) is 9.37 Å². The van der Waals surface area contributed by atoms with E-state index in [4.69, 9.17) is 5.11 Å². The molecular weight excluding hydrogens is 335 g/mol. The van der Waals surface area contributed by atoms with Crippen molar-refractivity contribution in [2.24, 2.45) is 0 Å². The standard InChI is InChI=1S/C12H8BrFN2O4/c13-11-7-3-5(14)1-2-6(7)10(19)9(16-11)12(20)15-4-8(17)18/h1-3,19H,4H2,(H,15,20)(H,17,18). The van der Waals surface area contributed by atoms with E-state index in [1.165, 1.54) is 6.07 Å². The highest BCUT2D eigenvalue weighted by atomic mass is 79.9. The van der Waals surface area contributed by atoms with Crippen molar-refractivity contribution in [3.8, 4) is 5.75 Å². The van der Waals surface area contributed by atoms with Crippen LogP contribution in [0, 0.1) is 5.82 Å². The first kappa shape index (κ1) is 14.2. The molecule has 6 nitrogen and oxygen atoms in total. The summed E-state index contributed by atoms with van der Waals surface area (Å²) >= 11 is 3.08. The molecule has 1 amide bonds. The van der Waals surface area contributed by atoms with Crippen molar-refractivity contribution >= 4 is 38.6 Å². The number of nitrogens with one attached hydrogen (secondary N) is 1. The summed E-state index contributed by atoms with van der Waals surface area (Å²) in [7, 11) is 0. The Hall–Kier alpha value is -2.22. The number of halogens is 2. The molecule has 1 aromatic heterocycles. The van der Waals surface area contributed by atoms with Gasteiger partial charge in [0.25, 0.3) is 5.91 Å². The van der Waals surface area contributed by atoms with Crippen LogP contribution in [0.15, 0.2) is 22.8 Å². The number of fused-ring (bicyclic) bond motifs is 1. The number of pyridine rings is 1. The average Bonchev–Trinajstić information content (AvgIpc) is 2.40. The van der Waals surface area contributed by atoms with E-state index in [0.717, 1.165) is 12.1 Å². The van der Waals surface area contributed by atoms with Gasteiger partial charge < -0.3 is 15.5 Å². The number of carbonyl (C=O) groups excluding carboxylic acids is 1. The maximum Gasteiger partial charge on any atom is 0.322 e. The number of carbonyl (C=O) groups is 2. The van der Waals surface area contributed by atoms with E-state index in [9.17, 15) is 19.1 Å². The number of rotatable bonds is 3. The summed E-state index contributed by atoms with van der Waals surface area (Å²) in [5.41, 5.74) is -0.336. The van der Waals surface area contributed by atoms with Gasteiger partial charge in [0.05, 0.1) is 0 Å². The molecule has 8 heteroatoms. The first-order valence-electron chi connectivity index (χ1n) is 5.38. The average molecular weight is 343 g/mol. The molecule has 0 saturated carbocycles. The third-order valence-corrected chi connectivity index (χ3v) is 3.11. The van der Waals surface area contributed by atoms with Crippen molar-refractivity contribution in [2.45, 2.75) is 0 Å². The van der Waals surface area contributed by atoms with Crippen molar-refractivity contribution in [2.75, 3.05) is 6.54 Å². The molecular formula is C12H8BrFN2O4. The molecule has 0 atom stereocenters. The van der Waals surface area contributed by atoms with Crippen LogP contribution >= 0.6 is 15.9 Å². The Morgan fingerprint density at radius 2 is 2.05 bits per heavy atom. The summed E-state index contributed by atoms with van der Waals surface area (Å²) in [4.78, 5) is 25.9. The Morgan fingerprint density at radius 1 is 1.35 bits per heavy atom. The molecule has 3 N–H and O–H groups in total. The van der Waals surface area contributed by atoms with Gasteiger partial charge in [-0.1, -0.05) is 0 Å². The number of hydrogen-bond acceptors (Lipinski definition) is 4. The van der Waals surface area contributed by atoms with E-state index in [2.05, 4.69) is 26.2 Å². The predicted molar refractivity (Wildman–Crippen MR) is 71.0 cm³/mol. The monoisotopic (exact) mass is 342 g/mol. The van der Waals surface area contributed by atoms with Gasteiger partial charge in [-0.15, -0.1) is 0 Å². The van der Waals surface area contributed by atoms with E-state index in [-0.39, 0.29) is 15.7 Å². The normalized spacial score (nSPS) is 10.5. The van der Waals surface area contributed by atoms with E-state index in [0.29, 0.717) is 5.39 Å². The Bertz CT molecular complexity index is 720. The highest BCUT2D eigenvalue weighted by Gasteiger charge is 2.19. The zero-order chi connectivity index (χ0) is 14.9. The zero-order valence-electron chi connectivity index (χ0n) is 9.85. The number of hydrogen-bond donors (Lipinski definition) is 3. The molecule has 0 unspecified atom stereocenters. The van der Waals surface area contributed by atoms with Gasteiger partial charge in [-0.2, -0.15) is 0 Å². The highest BCUT2D eigenvalue weighted by Crippen LogP contribution is 2.32. The summed E-state index contributed by atoms with van der Waals surface area (Å²) in [6.45, 7) is -0.598. The fraction of sp³-hybridized carbons (Fsp3) is 0.0833. The van der Waals surface area contributed by atoms with Crippen LogP contribution in [-0.2, 0) is 4.79 Å². The third-order valence-electron chi connectivity index (χ3n) is 2.51. The molecule has 1 heterocycles. The summed E-state index contributed by atoms with van der Waals surface area (Å²) in [5, 5.41) is 21.1.